The predicted octanol–water partition coefficient (Wildman–Crippen LogP) is 0.167. The van der Waals surface area contributed by atoms with Crippen LogP contribution in [-0.4, -0.2) is 123 Å². The van der Waals surface area contributed by atoms with Crippen LogP contribution in [0.25, 0.3) is 0 Å². The molecule has 2 aliphatic heterocycles. The fraction of sp³-hybridized carbons (Fsp3) is 0.548. The van der Waals surface area contributed by atoms with Gasteiger partial charge in [0.2, 0.25) is 5.78 Å². The number of aliphatic hydroxyl groups is 4. The van der Waals surface area contributed by atoms with Gasteiger partial charge in [-0.05, 0) is 13.0 Å². The number of benzene rings is 2. The number of carbonyl (C=O) groups excluding carboxylic acids is 2. The average molecular weight is 616 g/mol. The summed E-state index contributed by atoms with van der Waals surface area (Å²) in [6.07, 6.45) is -5.99. The molecule has 0 radical (unpaired) electrons. The van der Waals surface area contributed by atoms with E-state index >= 15 is 0 Å². The molecule has 6 N–H and O–H groups in total. The number of aliphatic hydroxyl groups excluding tert-OH is 3. The van der Waals surface area contributed by atoms with Gasteiger partial charge < -0.3 is 49.6 Å². The highest BCUT2D eigenvalue weighted by Crippen LogP contribution is 2.53. The Morgan fingerprint density at radius 3 is 2.48 bits per heavy atom. The highest BCUT2D eigenvalue weighted by Gasteiger charge is 2.50. The SMILES string of the molecule is COc1cccc2c1C(=O)c1c(O)c3c(c(O)c1C2=O)C[C@@](O)([C@H](O)CO)C[C@H]3O[C@H]1C[C@@H](N2CCOCC2)[C@H](O)[C@H](C)O1. The number of ketones is 2. The fourth-order valence-electron chi connectivity index (χ4n) is 7.06. The number of phenols is 2. The molecule has 7 atom stereocenters. The number of aromatic hydroxyl groups is 2. The molecule has 2 aliphatic carbocycles. The molecule has 0 amide bonds. The molecule has 4 aliphatic rings. The first-order chi connectivity index (χ1) is 21.0. The number of morpholine rings is 1. The Hall–Kier alpha value is -3.14. The molecule has 2 aromatic carbocycles. The second-order valence-electron chi connectivity index (χ2n) is 11.9. The van der Waals surface area contributed by atoms with E-state index in [1.54, 1.807) is 6.92 Å². The molecule has 2 heterocycles. The summed E-state index contributed by atoms with van der Waals surface area (Å²) in [6.45, 7) is 3.08. The van der Waals surface area contributed by atoms with Gasteiger partial charge in [0.05, 0.1) is 67.5 Å². The van der Waals surface area contributed by atoms with Crippen LogP contribution >= 0.6 is 0 Å². The standard InChI is InChI=1S/C31H37NO12/c1-14-26(35)17(32-6-8-42-9-7-32)10-21(43-14)44-19-12-31(40,20(34)13-33)11-16-23(19)30(39)25-24(28(16)37)27(36)15-4-3-5-18(41-2)22(15)29(25)38/h3-5,14,17,19-21,26,33-35,37,39-40H,6-13H2,1-2H3/t14-,17+,19+,20+,21-,26+,31-/m0/s1. The molecule has 13 heteroatoms. The van der Waals surface area contributed by atoms with Crippen molar-refractivity contribution in [2.45, 2.75) is 68.5 Å². The van der Waals surface area contributed by atoms with Crippen LogP contribution in [0.5, 0.6) is 17.2 Å². The lowest BCUT2D eigenvalue weighted by molar-refractivity contribution is -0.263. The number of ether oxygens (including phenoxy) is 4. The zero-order chi connectivity index (χ0) is 31.5. The van der Waals surface area contributed by atoms with Gasteiger partial charge in [0.1, 0.15) is 23.4 Å². The smallest absolute Gasteiger partial charge is 0.202 e. The maximum atomic E-state index is 13.8. The Labute approximate surface area is 253 Å². The Kier molecular flexibility index (Phi) is 8.18. The molecule has 0 spiro atoms. The van der Waals surface area contributed by atoms with Gasteiger partial charge in [0.25, 0.3) is 0 Å². The van der Waals surface area contributed by atoms with E-state index < -0.39 is 83.5 Å². The number of fused-ring (bicyclic) bond motifs is 3. The quantitative estimate of drug-likeness (QED) is 0.206. The first-order valence-corrected chi connectivity index (χ1v) is 14.7. The lowest BCUT2D eigenvalue weighted by Crippen LogP contribution is -2.58. The number of phenolic OH excluding ortho intramolecular Hbond substituents is 2. The van der Waals surface area contributed by atoms with E-state index in [1.807, 2.05) is 0 Å². The maximum Gasteiger partial charge on any atom is 0.202 e. The van der Waals surface area contributed by atoms with Crippen molar-refractivity contribution in [3.63, 3.8) is 0 Å². The normalized spacial score (nSPS) is 31.2. The predicted molar refractivity (Wildman–Crippen MR) is 151 cm³/mol. The van der Waals surface area contributed by atoms with Crippen molar-refractivity contribution < 1.29 is 59.2 Å². The highest BCUT2D eigenvalue weighted by atomic mass is 16.7. The molecule has 2 saturated heterocycles. The zero-order valence-corrected chi connectivity index (χ0v) is 24.4. The molecule has 44 heavy (non-hydrogen) atoms. The number of hydrogen-bond donors (Lipinski definition) is 6. The third-order valence-corrected chi connectivity index (χ3v) is 9.40. The molecule has 0 unspecified atom stereocenters. The van der Waals surface area contributed by atoms with Crippen LogP contribution in [0.4, 0.5) is 0 Å². The maximum absolute atomic E-state index is 13.8. The third kappa shape index (κ3) is 4.88. The van der Waals surface area contributed by atoms with Crippen LogP contribution in [0, 0.1) is 0 Å². The summed E-state index contributed by atoms with van der Waals surface area (Å²) in [7, 11) is 1.34. The second-order valence-corrected chi connectivity index (χ2v) is 11.9. The van der Waals surface area contributed by atoms with Crippen LogP contribution in [0.1, 0.15) is 68.8 Å². The summed E-state index contributed by atoms with van der Waals surface area (Å²) < 4.78 is 23.1. The first kappa shape index (κ1) is 30.9. The monoisotopic (exact) mass is 615 g/mol. The zero-order valence-electron chi connectivity index (χ0n) is 24.4. The molecule has 2 fully saturated rings. The van der Waals surface area contributed by atoms with E-state index in [-0.39, 0.29) is 46.9 Å². The third-order valence-electron chi connectivity index (χ3n) is 9.40. The lowest BCUT2D eigenvalue weighted by atomic mass is 9.71. The number of nitrogens with zero attached hydrogens (tertiary/aromatic N) is 1. The summed E-state index contributed by atoms with van der Waals surface area (Å²) in [4.78, 5) is 29.6. The number of carbonyl (C=O) groups is 2. The largest absolute Gasteiger partial charge is 0.507 e. The van der Waals surface area contributed by atoms with Crippen molar-refractivity contribution in [2.75, 3.05) is 40.0 Å². The van der Waals surface area contributed by atoms with Crippen molar-refractivity contribution in [1.29, 1.82) is 0 Å². The van der Waals surface area contributed by atoms with Crippen molar-refractivity contribution >= 4 is 11.6 Å². The number of hydrogen-bond acceptors (Lipinski definition) is 13. The molecule has 13 nitrogen and oxygen atoms in total. The molecular weight excluding hydrogens is 578 g/mol. The molecule has 6 rings (SSSR count). The summed E-state index contributed by atoms with van der Waals surface area (Å²) in [5.41, 5.74) is -3.14. The summed E-state index contributed by atoms with van der Waals surface area (Å²) in [5, 5.41) is 66.1. The highest BCUT2D eigenvalue weighted by molar-refractivity contribution is 6.31. The van der Waals surface area contributed by atoms with E-state index in [9.17, 15) is 40.2 Å². The van der Waals surface area contributed by atoms with E-state index in [4.69, 9.17) is 18.9 Å². The van der Waals surface area contributed by atoms with Gasteiger partial charge in [-0.15, -0.1) is 0 Å². The molecule has 0 bridgehead atoms. The van der Waals surface area contributed by atoms with Gasteiger partial charge in [-0.1, -0.05) is 12.1 Å². The molecule has 238 valence electrons. The van der Waals surface area contributed by atoms with Crippen LogP contribution in [-0.2, 0) is 20.6 Å². The Bertz CT molecular complexity index is 1470. The topological polar surface area (TPSA) is 196 Å². The van der Waals surface area contributed by atoms with Gasteiger partial charge in [-0.2, -0.15) is 0 Å². The van der Waals surface area contributed by atoms with E-state index in [2.05, 4.69) is 4.90 Å². The fourth-order valence-corrected chi connectivity index (χ4v) is 7.06. The van der Waals surface area contributed by atoms with Crippen molar-refractivity contribution in [3.8, 4) is 17.2 Å². The van der Waals surface area contributed by atoms with Crippen molar-refractivity contribution in [2.24, 2.45) is 0 Å². The molecule has 0 aromatic heterocycles. The number of rotatable bonds is 6. The molecule has 0 saturated carbocycles. The average Bonchev–Trinajstić information content (AvgIpc) is 3.02. The van der Waals surface area contributed by atoms with Crippen molar-refractivity contribution in [1.82, 2.24) is 4.90 Å². The number of methoxy groups -OCH3 is 1. The van der Waals surface area contributed by atoms with E-state index in [1.165, 1.54) is 25.3 Å². The van der Waals surface area contributed by atoms with E-state index in [0.717, 1.165) is 0 Å². The Balaban J connectivity index is 1.44. The summed E-state index contributed by atoms with van der Waals surface area (Å²) in [5.74, 6) is -2.60. The van der Waals surface area contributed by atoms with Gasteiger partial charge in [-0.3, -0.25) is 14.5 Å². The van der Waals surface area contributed by atoms with Crippen LogP contribution in [0.2, 0.25) is 0 Å². The van der Waals surface area contributed by atoms with Crippen LogP contribution in [0.3, 0.4) is 0 Å². The minimum atomic E-state index is -2.04. The second kappa shape index (κ2) is 11.7. The van der Waals surface area contributed by atoms with Gasteiger partial charge >= 0.3 is 0 Å². The summed E-state index contributed by atoms with van der Waals surface area (Å²) >= 11 is 0. The molecule has 2 aromatic rings. The Morgan fingerprint density at radius 2 is 1.80 bits per heavy atom. The lowest BCUT2D eigenvalue weighted by Gasteiger charge is -2.46. The van der Waals surface area contributed by atoms with E-state index in [0.29, 0.717) is 26.3 Å². The first-order valence-electron chi connectivity index (χ1n) is 14.7. The van der Waals surface area contributed by atoms with Crippen LogP contribution < -0.4 is 4.74 Å². The van der Waals surface area contributed by atoms with Gasteiger partial charge in [0.15, 0.2) is 12.1 Å². The van der Waals surface area contributed by atoms with Crippen molar-refractivity contribution in [3.05, 3.63) is 51.6 Å². The minimum Gasteiger partial charge on any atom is -0.507 e. The Morgan fingerprint density at radius 1 is 1.09 bits per heavy atom. The van der Waals surface area contributed by atoms with Crippen LogP contribution in [0.15, 0.2) is 18.2 Å². The minimum absolute atomic E-state index is 0.0249. The summed E-state index contributed by atoms with van der Waals surface area (Å²) in [6, 6.07) is 4.09. The van der Waals surface area contributed by atoms with Gasteiger partial charge in [0, 0.05) is 55.1 Å². The van der Waals surface area contributed by atoms with Gasteiger partial charge in [-0.25, -0.2) is 0 Å². The molecular formula is C31H37NO12.